The number of aliphatic hydroxyl groups is 1. The van der Waals surface area contributed by atoms with Crippen LogP contribution in [0.25, 0.3) is 0 Å². The molecule has 15 heavy (non-hydrogen) atoms. The third kappa shape index (κ3) is 2.30. The van der Waals surface area contributed by atoms with Crippen molar-refractivity contribution in [3.05, 3.63) is 29.3 Å². The molecule has 0 amide bonds. The van der Waals surface area contributed by atoms with Crippen molar-refractivity contribution in [2.45, 2.75) is 13.5 Å². The van der Waals surface area contributed by atoms with Crippen molar-refractivity contribution in [2.75, 3.05) is 31.1 Å². The molecule has 0 spiro atoms. The number of nitrogens with zero attached hydrogens (tertiary/aromatic N) is 1. The zero-order valence-corrected chi connectivity index (χ0v) is 9.16. The molecular weight excluding hydrogens is 188 g/mol. The summed E-state index contributed by atoms with van der Waals surface area (Å²) in [5.74, 6) is 0. The highest BCUT2D eigenvalue weighted by Crippen LogP contribution is 2.19. The first kappa shape index (κ1) is 10.5. The third-order valence-corrected chi connectivity index (χ3v) is 2.99. The second kappa shape index (κ2) is 4.64. The molecule has 1 aliphatic rings. The van der Waals surface area contributed by atoms with E-state index in [1.54, 1.807) is 0 Å². The molecule has 0 unspecified atom stereocenters. The Kier molecular flexibility index (Phi) is 3.23. The number of anilines is 1. The quantitative estimate of drug-likeness (QED) is 0.754. The fourth-order valence-corrected chi connectivity index (χ4v) is 1.95. The van der Waals surface area contributed by atoms with Crippen LogP contribution < -0.4 is 10.2 Å². The third-order valence-electron chi connectivity index (χ3n) is 2.99. The van der Waals surface area contributed by atoms with E-state index in [9.17, 15) is 5.11 Å². The smallest absolute Gasteiger partial charge is 0.0685 e. The van der Waals surface area contributed by atoms with Gasteiger partial charge in [0.2, 0.25) is 0 Å². The van der Waals surface area contributed by atoms with E-state index in [0.29, 0.717) is 0 Å². The molecule has 0 saturated carbocycles. The average Bonchev–Trinajstić information content (AvgIpc) is 2.31. The number of nitrogens with one attached hydrogen (secondary N) is 1. The molecule has 3 nitrogen and oxygen atoms in total. The summed E-state index contributed by atoms with van der Waals surface area (Å²) in [7, 11) is 0. The van der Waals surface area contributed by atoms with Crippen molar-refractivity contribution < 1.29 is 5.11 Å². The van der Waals surface area contributed by atoms with Gasteiger partial charge in [-0.2, -0.15) is 0 Å². The highest BCUT2D eigenvalue weighted by atomic mass is 16.3. The Morgan fingerprint density at radius 2 is 2.07 bits per heavy atom. The Morgan fingerprint density at radius 3 is 2.73 bits per heavy atom. The van der Waals surface area contributed by atoms with Gasteiger partial charge in [0.05, 0.1) is 6.61 Å². The monoisotopic (exact) mass is 206 g/mol. The van der Waals surface area contributed by atoms with Crippen molar-refractivity contribution in [3.63, 3.8) is 0 Å². The summed E-state index contributed by atoms with van der Waals surface area (Å²) in [6, 6.07) is 6.32. The zero-order chi connectivity index (χ0) is 10.7. The van der Waals surface area contributed by atoms with Gasteiger partial charge in [-0.05, 0) is 30.2 Å². The minimum Gasteiger partial charge on any atom is -0.392 e. The van der Waals surface area contributed by atoms with Crippen LogP contribution in [-0.4, -0.2) is 31.3 Å². The van der Waals surface area contributed by atoms with E-state index < -0.39 is 0 Å². The van der Waals surface area contributed by atoms with Gasteiger partial charge in [-0.25, -0.2) is 0 Å². The number of hydrogen-bond donors (Lipinski definition) is 2. The molecule has 1 aromatic carbocycles. The van der Waals surface area contributed by atoms with Gasteiger partial charge >= 0.3 is 0 Å². The first-order chi connectivity index (χ1) is 7.31. The van der Waals surface area contributed by atoms with Crippen LogP contribution in [0.5, 0.6) is 0 Å². The lowest BCUT2D eigenvalue weighted by molar-refractivity contribution is 0.281. The minimum absolute atomic E-state index is 0.131. The highest BCUT2D eigenvalue weighted by Gasteiger charge is 2.10. The average molecular weight is 206 g/mol. The van der Waals surface area contributed by atoms with E-state index in [2.05, 4.69) is 28.4 Å². The molecule has 82 valence electrons. The number of benzene rings is 1. The van der Waals surface area contributed by atoms with Crippen LogP contribution >= 0.6 is 0 Å². The number of hydrogen-bond acceptors (Lipinski definition) is 3. The van der Waals surface area contributed by atoms with E-state index >= 15 is 0 Å². The molecule has 2 N–H and O–H groups in total. The van der Waals surface area contributed by atoms with Gasteiger partial charge in [0, 0.05) is 31.9 Å². The fourth-order valence-electron chi connectivity index (χ4n) is 1.95. The van der Waals surface area contributed by atoms with Gasteiger partial charge in [-0.15, -0.1) is 0 Å². The van der Waals surface area contributed by atoms with Gasteiger partial charge in [-0.3, -0.25) is 0 Å². The first-order valence-electron chi connectivity index (χ1n) is 5.47. The summed E-state index contributed by atoms with van der Waals surface area (Å²) in [6.07, 6.45) is 0. The Morgan fingerprint density at radius 1 is 1.33 bits per heavy atom. The normalized spacial score (nSPS) is 16.8. The van der Waals surface area contributed by atoms with Crippen molar-refractivity contribution >= 4 is 5.69 Å². The summed E-state index contributed by atoms with van der Waals surface area (Å²) in [5.41, 5.74) is 3.42. The van der Waals surface area contributed by atoms with Crippen molar-refractivity contribution in [1.82, 2.24) is 5.32 Å². The molecule has 0 atom stereocenters. The number of aryl methyl sites for hydroxylation is 1. The van der Waals surface area contributed by atoms with Crippen molar-refractivity contribution in [1.29, 1.82) is 0 Å². The molecule has 0 radical (unpaired) electrons. The van der Waals surface area contributed by atoms with Crippen LogP contribution in [0.4, 0.5) is 5.69 Å². The Labute approximate surface area is 90.7 Å². The van der Waals surface area contributed by atoms with Gasteiger partial charge in [-0.1, -0.05) is 6.07 Å². The largest absolute Gasteiger partial charge is 0.392 e. The van der Waals surface area contributed by atoms with Gasteiger partial charge < -0.3 is 15.3 Å². The number of piperazine rings is 1. The molecule has 3 heteroatoms. The SMILES string of the molecule is Cc1ccc(N2CCNCC2)cc1CO. The molecule has 0 aromatic heterocycles. The summed E-state index contributed by atoms with van der Waals surface area (Å²) < 4.78 is 0. The molecule has 0 bridgehead atoms. The van der Waals surface area contributed by atoms with Crippen LogP contribution in [0.3, 0.4) is 0 Å². The molecule has 2 rings (SSSR count). The van der Waals surface area contributed by atoms with Crippen LogP contribution in [0.2, 0.25) is 0 Å². The maximum Gasteiger partial charge on any atom is 0.0685 e. The second-order valence-corrected chi connectivity index (χ2v) is 4.01. The van der Waals surface area contributed by atoms with E-state index in [1.807, 2.05) is 6.92 Å². The molecule has 1 aliphatic heterocycles. The van der Waals surface area contributed by atoms with Crippen molar-refractivity contribution in [3.8, 4) is 0 Å². The summed E-state index contributed by atoms with van der Waals surface area (Å²) in [4.78, 5) is 2.36. The zero-order valence-electron chi connectivity index (χ0n) is 9.16. The van der Waals surface area contributed by atoms with Crippen LogP contribution in [0.1, 0.15) is 11.1 Å². The summed E-state index contributed by atoms with van der Waals surface area (Å²) in [5, 5.41) is 12.5. The lowest BCUT2D eigenvalue weighted by Crippen LogP contribution is -2.43. The lowest BCUT2D eigenvalue weighted by Gasteiger charge is -2.30. The minimum atomic E-state index is 0.131. The van der Waals surface area contributed by atoms with Crippen LogP contribution in [-0.2, 0) is 6.61 Å². The maximum atomic E-state index is 9.21. The van der Waals surface area contributed by atoms with Gasteiger partial charge in [0.1, 0.15) is 0 Å². The van der Waals surface area contributed by atoms with E-state index in [4.69, 9.17) is 0 Å². The lowest BCUT2D eigenvalue weighted by atomic mass is 10.1. The molecular formula is C12H18N2O. The summed E-state index contributed by atoms with van der Waals surface area (Å²) >= 11 is 0. The molecule has 0 aliphatic carbocycles. The van der Waals surface area contributed by atoms with Crippen LogP contribution in [0, 0.1) is 6.92 Å². The number of rotatable bonds is 2. The predicted molar refractivity (Wildman–Crippen MR) is 62.2 cm³/mol. The molecule has 1 saturated heterocycles. The maximum absolute atomic E-state index is 9.21. The van der Waals surface area contributed by atoms with Gasteiger partial charge in [0.15, 0.2) is 0 Å². The fraction of sp³-hybridized carbons (Fsp3) is 0.500. The number of aliphatic hydroxyl groups excluding tert-OH is 1. The van der Waals surface area contributed by atoms with E-state index in [-0.39, 0.29) is 6.61 Å². The molecule has 1 aromatic rings. The van der Waals surface area contributed by atoms with Crippen molar-refractivity contribution in [2.24, 2.45) is 0 Å². The van der Waals surface area contributed by atoms with Crippen LogP contribution in [0.15, 0.2) is 18.2 Å². The standard InChI is InChI=1S/C12H18N2O/c1-10-2-3-12(8-11(10)9-15)14-6-4-13-5-7-14/h2-3,8,13,15H,4-7,9H2,1H3. The molecule has 1 heterocycles. The summed E-state index contributed by atoms with van der Waals surface area (Å²) in [6.45, 7) is 6.35. The van der Waals surface area contributed by atoms with E-state index in [1.165, 1.54) is 5.69 Å². The Hall–Kier alpha value is -1.06. The topological polar surface area (TPSA) is 35.5 Å². The first-order valence-corrected chi connectivity index (χ1v) is 5.47. The van der Waals surface area contributed by atoms with E-state index in [0.717, 1.165) is 37.3 Å². The highest BCUT2D eigenvalue weighted by molar-refractivity contribution is 5.51. The predicted octanol–water partition coefficient (Wildman–Crippen LogP) is 0.897. The Bertz CT molecular complexity index is 332. The second-order valence-electron chi connectivity index (χ2n) is 4.01. The molecule has 1 fully saturated rings. The Balaban J connectivity index is 2.20. The van der Waals surface area contributed by atoms with Gasteiger partial charge in [0.25, 0.3) is 0 Å².